The van der Waals surface area contributed by atoms with Crippen LogP contribution in [0.1, 0.15) is 20.7 Å². The summed E-state index contributed by atoms with van der Waals surface area (Å²) in [6.45, 7) is 0. The van der Waals surface area contributed by atoms with Crippen LogP contribution in [-0.4, -0.2) is 16.7 Å². The lowest BCUT2D eigenvalue weighted by Crippen LogP contribution is -2.14. The van der Waals surface area contributed by atoms with Gasteiger partial charge in [-0.1, -0.05) is 36.4 Å². The summed E-state index contributed by atoms with van der Waals surface area (Å²) in [5.74, 6) is -0.842. The van der Waals surface area contributed by atoms with Crippen molar-refractivity contribution in [1.29, 1.82) is 0 Å². The highest BCUT2D eigenvalue weighted by atomic mass is 16.6. The number of nitrogens with one attached hydrogen (secondary N) is 2. The molecule has 0 aromatic heterocycles. The molecule has 0 fully saturated rings. The van der Waals surface area contributed by atoms with E-state index in [-0.39, 0.29) is 23.0 Å². The molecule has 7 nitrogen and oxygen atoms in total. The third kappa shape index (κ3) is 4.35. The number of amides is 2. The van der Waals surface area contributed by atoms with Crippen molar-refractivity contribution in [2.24, 2.45) is 0 Å². The maximum atomic E-state index is 12.2. The topological polar surface area (TPSA) is 101 Å². The minimum atomic E-state index is -0.612. The first kappa shape index (κ1) is 17.8. The Balaban J connectivity index is 1.82. The summed E-state index contributed by atoms with van der Waals surface area (Å²) < 4.78 is 0. The molecule has 0 unspecified atom stereocenters. The van der Waals surface area contributed by atoms with E-state index in [0.717, 1.165) is 0 Å². The maximum absolute atomic E-state index is 12.2. The molecule has 2 amide bonds. The number of hydrogen-bond acceptors (Lipinski definition) is 4. The monoisotopic (exact) mass is 361 g/mol. The Kier molecular flexibility index (Phi) is 5.22. The fraction of sp³-hybridized carbons (Fsp3) is 0. The zero-order chi connectivity index (χ0) is 19.2. The molecule has 3 aromatic carbocycles. The molecule has 3 aromatic rings. The van der Waals surface area contributed by atoms with Gasteiger partial charge in [0.15, 0.2) is 0 Å². The second-order valence-corrected chi connectivity index (χ2v) is 5.63. The molecule has 7 heteroatoms. The van der Waals surface area contributed by atoms with Crippen LogP contribution in [0.5, 0.6) is 0 Å². The fourth-order valence-electron chi connectivity index (χ4n) is 2.44. The summed E-state index contributed by atoms with van der Waals surface area (Å²) in [6.07, 6.45) is 0. The summed E-state index contributed by atoms with van der Waals surface area (Å²) in [5.41, 5.74) is 0.805. The van der Waals surface area contributed by atoms with Gasteiger partial charge in [0.1, 0.15) is 5.69 Å². The van der Waals surface area contributed by atoms with Gasteiger partial charge in [0.2, 0.25) is 0 Å². The average Bonchev–Trinajstić information content (AvgIpc) is 2.70. The fourth-order valence-corrected chi connectivity index (χ4v) is 2.44. The van der Waals surface area contributed by atoms with Gasteiger partial charge in [-0.15, -0.1) is 0 Å². The van der Waals surface area contributed by atoms with Crippen LogP contribution in [-0.2, 0) is 0 Å². The van der Waals surface area contributed by atoms with Crippen molar-refractivity contribution < 1.29 is 14.5 Å². The summed E-state index contributed by atoms with van der Waals surface area (Å²) in [7, 11) is 0. The molecule has 3 rings (SSSR count). The van der Waals surface area contributed by atoms with Crippen molar-refractivity contribution >= 4 is 28.9 Å². The van der Waals surface area contributed by atoms with Crippen molar-refractivity contribution in [2.45, 2.75) is 0 Å². The first-order valence-electron chi connectivity index (χ1n) is 8.06. The standard InChI is InChI=1S/C20H15N3O4/c24-19(14-7-3-1-4-8-14)21-16-11-12-17(18(13-16)23(26)27)22-20(25)15-9-5-2-6-10-15/h1-13H,(H,21,24)(H,22,25). The molecule has 0 radical (unpaired) electrons. The smallest absolute Gasteiger partial charge is 0.294 e. The normalized spacial score (nSPS) is 10.1. The zero-order valence-corrected chi connectivity index (χ0v) is 14.1. The zero-order valence-electron chi connectivity index (χ0n) is 14.1. The van der Waals surface area contributed by atoms with E-state index in [1.807, 2.05) is 0 Å². The Hall–Kier alpha value is -4.00. The molecule has 0 atom stereocenters. The van der Waals surface area contributed by atoms with E-state index in [4.69, 9.17) is 0 Å². The van der Waals surface area contributed by atoms with Gasteiger partial charge in [-0.25, -0.2) is 0 Å². The Bertz CT molecular complexity index is 989. The number of carbonyl (C=O) groups excluding carboxylic acids is 2. The Morgan fingerprint density at radius 1 is 0.741 bits per heavy atom. The van der Waals surface area contributed by atoms with Gasteiger partial charge < -0.3 is 10.6 Å². The van der Waals surface area contributed by atoms with Gasteiger partial charge in [-0.2, -0.15) is 0 Å². The number of rotatable bonds is 5. The van der Waals surface area contributed by atoms with Gasteiger partial charge >= 0.3 is 0 Å². The minimum absolute atomic E-state index is 0.0477. The summed E-state index contributed by atoms with van der Waals surface area (Å²) in [4.78, 5) is 35.2. The van der Waals surface area contributed by atoms with E-state index < -0.39 is 10.8 Å². The Morgan fingerprint density at radius 2 is 1.26 bits per heavy atom. The molecular weight excluding hydrogens is 346 g/mol. The Labute approximate surface area is 154 Å². The lowest BCUT2D eigenvalue weighted by atomic mass is 10.1. The van der Waals surface area contributed by atoms with Crippen molar-refractivity contribution in [3.63, 3.8) is 0 Å². The number of benzene rings is 3. The molecule has 134 valence electrons. The predicted molar refractivity (Wildman–Crippen MR) is 102 cm³/mol. The third-order valence-corrected chi connectivity index (χ3v) is 3.77. The minimum Gasteiger partial charge on any atom is -0.322 e. The molecule has 27 heavy (non-hydrogen) atoms. The number of nitro groups is 1. The largest absolute Gasteiger partial charge is 0.322 e. The molecule has 0 spiro atoms. The van der Waals surface area contributed by atoms with E-state index in [1.54, 1.807) is 60.7 Å². The van der Waals surface area contributed by atoms with Crippen LogP contribution in [0, 0.1) is 10.1 Å². The van der Waals surface area contributed by atoms with Gasteiger partial charge in [0.05, 0.1) is 4.92 Å². The van der Waals surface area contributed by atoms with Crippen LogP contribution < -0.4 is 10.6 Å². The van der Waals surface area contributed by atoms with Gasteiger partial charge in [0.25, 0.3) is 17.5 Å². The lowest BCUT2D eigenvalue weighted by molar-refractivity contribution is -0.383. The third-order valence-electron chi connectivity index (χ3n) is 3.77. The SMILES string of the molecule is O=C(Nc1ccc(NC(=O)c2ccccc2)c([N+](=O)[O-])c1)c1ccccc1. The van der Waals surface area contributed by atoms with Crippen LogP contribution in [0.15, 0.2) is 78.9 Å². The van der Waals surface area contributed by atoms with E-state index in [2.05, 4.69) is 10.6 Å². The van der Waals surface area contributed by atoms with Crippen LogP contribution in [0.25, 0.3) is 0 Å². The van der Waals surface area contributed by atoms with Gasteiger partial charge in [0, 0.05) is 22.9 Å². The summed E-state index contributed by atoms with van der Waals surface area (Å²) >= 11 is 0. The second-order valence-electron chi connectivity index (χ2n) is 5.63. The number of anilines is 2. The highest BCUT2D eigenvalue weighted by molar-refractivity contribution is 6.07. The second kappa shape index (κ2) is 7.92. The summed E-state index contributed by atoms with van der Waals surface area (Å²) in [6, 6.07) is 21.0. The number of hydrogen-bond donors (Lipinski definition) is 2. The molecule has 0 heterocycles. The van der Waals surface area contributed by atoms with Crippen LogP contribution in [0.4, 0.5) is 17.1 Å². The molecule has 2 N–H and O–H groups in total. The quantitative estimate of drug-likeness (QED) is 0.527. The van der Waals surface area contributed by atoms with Gasteiger partial charge in [-0.3, -0.25) is 19.7 Å². The Morgan fingerprint density at radius 3 is 1.78 bits per heavy atom. The molecule has 0 aliphatic carbocycles. The highest BCUT2D eigenvalue weighted by Crippen LogP contribution is 2.28. The maximum Gasteiger partial charge on any atom is 0.294 e. The van der Waals surface area contributed by atoms with E-state index in [1.165, 1.54) is 18.2 Å². The molecule has 0 bridgehead atoms. The molecule has 0 aliphatic rings. The first-order chi connectivity index (χ1) is 13.0. The van der Waals surface area contributed by atoms with Crippen molar-refractivity contribution in [1.82, 2.24) is 0 Å². The molecule has 0 saturated heterocycles. The first-order valence-corrected chi connectivity index (χ1v) is 8.06. The van der Waals surface area contributed by atoms with Crippen LogP contribution in [0.3, 0.4) is 0 Å². The number of nitro benzene ring substituents is 1. The van der Waals surface area contributed by atoms with Crippen molar-refractivity contribution in [3.05, 3.63) is 100 Å². The van der Waals surface area contributed by atoms with Crippen molar-refractivity contribution in [3.8, 4) is 0 Å². The highest BCUT2D eigenvalue weighted by Gasteiger charge is 2.18. The van der Waals surface area contributed by atoms with Gasteiger partial charge in [-0.05, 0) is 36.4 Å². The number of carbonyl (C=O) groups is 2. The van der Waals surface area contributed by atoms with E-state index >= 15 is 0 Å². The lowest BCUT2D eigenvalue weighted by Gasteiger charge is -2.09. The molecule has 0 aliphatic heterocycles. The van der Waals surface area contributed by atoms with Crippen LogP contribution >= 0.6 is 0 Å². The van der Waals surface area contributed by atoms with E-state index in [9.17, 15) is 19.7 Å². The molecular formula is C20H15N3O4. The average molecular weight is 361 g/mol. The van der Waals surface area contributed by atoms with E-state index in [0.29, 0.717) is 11.1 Å². The molecule has 0 saturated carbocycles. The van der Waals surface area contributed by atoms with Crippen molar-refractivity contribution in [2.75, 3.05) is 10.6 Å². The summed E-state index contributed by atoms with van der Waals surface area (Å²) in [5, 5.41) is 16.5. The predicted octanol–water partition coefficient (Wildman–Crippen LogP) is 4.10. The number of nitrogens with zero attached hydrogens (tertiary/aromatic N) is 1. The van der Waals surface area contributed by atoms with Crippen LogP contribution in [0.2, 0.25) is 0 Å².